The molecule has 0 aromatic carbocycles. The number of carbonyl (C=O) groups excluding carboxylic acids is 2. The van der Waals surface area contributed by atoms with E-state index in [-0.39, 0.29) is 17.9 Å². The number of nitrogens with zero attached hydrogens (tertiary/aromatic N) is 1. The van der Waals surface area contributed by atoms with Crippen LogP contribution in [0.3, 0.4) is 0 Å². The highest BCUT2D eigenvalue weighted by Gasteiger charge is 2.22. The molecule has 2 N–H and O–H groups in total. The Kier molecular flexibility index (Phi) is 4.93. The van der Waals surface area contributed by atoms with E-state index in [1.165, 1.54) is 11.3 Å². The van der Waals surface area contributed by atoms with Gasteiger partial charge in [-0.2, -0.15) is 0 Å². The van der Waals surface area contributed by atoms with Crippen molar-refractivity contribution in [3.63, 3.8) is 0 Å². The van der Waals surface area contributed by atoms with E-state index >= 15 is 0 Å². The van der Waals surface area contributed by atoms with Crippen molar-refractivity contribution in [1.82, 2.24) is 15.5 Å². The van der Waals surface area contributed by atoms with Crippen LogP contribution in [0.4, 0.5) is 0 Å². The van der Waals surface area contributed by atoms with Crippen LogP contribution < -0.4 is 10.6 Å². The summed E-state index contributed by atoms with van der Waals surface area (Å²) in [4.78, 5) is 26.3. The van der Waals surface area contributed by atoms with E-state index in [2.05, 4.69) is 10.6 Å². The molecule has 104 valence electrons. The van der Waals surface area contributed by atoms with Gasteiger partial charge in [0, 0.05) is 38.6 Å². The molecule has 1 aromatic heterocycles. The minimum absolute atomic E-state index is 0.101. The third kappa shape index (κ3) is 3.78. The Balaban J connectivity index is 1.73. The molecule has 2 rings (SSSR count). The quantitative estimate of drug-likeness (QED) is 0.853. The highest BCUT2D eigenvalue weighted by molar-refractivity contribution is 7.12. The lowest BCUT2D eigenvalue weighted by Gasteiger charge is -2.34. The number of piperazine rings is 1. The van der Waals surface area contributed by atoms with Gasteiger partial charge in [-0.3, -0.25) is 9.59 Å². The van der Waals surface area contributed by atoms with Crippen molar-refractivity contribution < 1.29 is 9.59 Å². The molecule has 0 unspecified atom stereocenters. The minimum atomic E-state index is -0.101. The van der Waals surface area contributed by atoms with Gasteiger partial charge in [0.25, 0.3) is 5.91 Å². The number of rotatable bonds is 4. The molecule has 0 saturated carbocycles. The average Bonchev–Trinajstić information content (AvgIpc) is 2.93. The summed E-state index contributed by atoms with van der Waals surface area (Å²) in [6, 6.07) is 3.85. The molecule has 1 atom stereocenters. The fourth-order valence-corrected chi connectivity index (χ4v) is 2.77. The number of hydrogen-bond donors (Lipinski definition) is 2. The lowest BCUT2D eigenvalue weighted by Crippen LogP contribution is -2.52. The number of nitrogens with one attached hydrogen (secondary N) is 2. The lowest BCUT2D eigenvalue weighted by molar-refractivity contribution is -0.133. The fraction of sp³-hybridized carbons (Fsp3) is 0.538. The predicted octanol–water partition coefficient (Wildman–Crippen LogP) is 0.688. The number of carbonyl (C=O) groups is 2. The van der Waals surface area contributed by atoms with Gasteiger partial charge in [-0.1, -0.05) is 6.07 Å². The summed E-state index contributed by atoms with van der Waals surface area (Å²) in [5.74, 6) is 0.0108. The van der Waals surface area contributed by atoms with Crippen LogP contribution in [0, 0.1) is 0 Å². The molecule has 0 radical (unpaired) electrons. The van der Waals surface area contributed by atoms with Crippen molar-refractivity contribution in [2.75, 3.05) is 26.2 Å². The van der Waals surface area contributed by atoms with E-state index < -0.39 is 0 Å². The van der Waals surface area contributed by atoms with Crippen LogP contribution in [0.5, 0.6) is 0 Å². The Labute approximate surface area is 117 Å². The van der Waals surface area contributed by atoms with E-state index in [0.717, 1.165) is 19.6 Å². The smallest absolute Gasteiger partial charge is 0.261 e. The molecule has 5 nitrogen and oxygen atoms in total. The van der Waals surface area contributed by atoms with Gasteiger partial charge < -0.3 is 15.5 Å². The second kappa shape index (κ2) is 6.68. The van der Waals surface area contributed by atoms with Crippen molar-refractivity contribution in [3.05, 3.63) is 22.4 Å². The van der Waals surface area contributed by atoms with Crippen LogP contribution in [-0.2, 0) is 4.79 Å². The second-order valence-electron chi connectivity index (χ2n) is 4.62. The van der Waals surface area contributed by atoms with Gasteiger partial charge in [0.05, 0.1) is 4.88 Å². The first-order valence-electron chi connectivity index (χ1n) is 6.50. The van der Waals surface area contributed by atoms with Crippen molar-refractivity contribution >= 4 is 23.2 Å². The summed E-state index contributed by atoms with van der Waals surface area (Å²) in [6.07, 6.45) is 0.363. The Morgan fingerprint density at radius 2 is 2.42 bits per heavy atom. The van der Waals surface area contributed by atoms with Crippen molar-refractivity contribution in [1.29, 1.82) is 0 Å². The maximum Gasteiger partial charge on any atom is 0.261 e. The normalized spacial score (nSPS) is 19.2. The van der Waals surface area contributed by atoms with Gasteiger partial charge in [-0.25, -0.2) is 0 Å². The summed E-state index contributed by atoms with van der Waals surface area (Å²) in [7, 11) is 0. The summed E-state index contributed by atoms with van der Waals surface area (Å²) in [5.41, 5.74) is 0. The third-order valence-electron chi connectivity index (χ3n) is 3.19. The van der Waals surface area contributed by atoms with Gasteiger partial charge in [0.2, 0.25) is 5.91 Å². The topological polar surface area (TPSA) is 61.4 Å². The SMILES string of the molecule is C[C@@H]1CNCCN1C(=O)CCNC(=O)c1cccs1. The molecule has 6 heteroatoms. The summed E-state index contributed by atoms with van der Waals surface area (Å²) in [6.45, 7) is 4.87. The molecule has 2 heterocycles. The van der Waals surface area contributed by atoms with Crippen LogP contribution in [-0.4, -0.2) is 48.9 Å². The van der Waals surface area contributed by atoms with E-state index in [4.69, 9.17) is 0 Å². The van der Waals surface area contributed by atoms with Crippen molar-refractivity contribution in [2.45, 2.75) is 19.4 Å². The van der Waals surface area contributed by atoms with E-state index in [1.807, 2.05) is 23.3 Å². The zero-order valence-corrected chi connectivity index (χ0v) is 11.8. The standard InChI is InChI=1S/C13H19N3O2S/c1-10-9-14-6-7-16(10)12(17)4-5-15-13(18)11-3-2-8-19-11/h2-3,8,10,14H,4-7,9H2,1H3,(H,15,18)/t10-/m1/s1. The first-order valence-corrected chi connectivity index (χ1v) is 7.38. The maximum absolute atomic E-state index is 12.0. The molecule has 19 heavy (non-hydrogen) atoms. The Morgan fingerprint density at radius 3 is 3.11 bits per heavy atom. The second-order valence-corrected chi connectivity index (χ2v) is 5.57. The molecule has 0 bridgehead atoms. The highest BCUT2D eigenvalue weighted by atomic mass is 32.1. The minimum Gasteiger partial charge on any atom is -0.351 e. The van der Waals surface area contributed by atoms with Gasteiger partial charge in [-0.15, -0.1) is 11.3 Å². The summed E-state index contributed by atoms with van der Waals surface area (Å²) < 4.78 is 0. The van der Waals surface area contributed by atoms with E-state index in [9.17, 15) is 9.59 Å². The summed E-state index contributed by atoms with van der Waals surface area (Å²) >= 11 is 1.40. The monoisotopic (exact) mass is 281 g/mol. The van der Waals surface area contributed by atoms with E-state index in [1.54, 1.807) is 6.07 Å². The Hall–Kier alpha value is -1.40. The van der Waals surface area contributed by atoms with Crippen LogP contribution in [0.1, 0.15) is 23.0 Å². The van der Waals surface area contributed by atoms with E-state index in [0.29, 0.717) is 17.8 Å². The first-order chi connectivity index (χ1) is 9.18. The summed E-state index contributed by atoms with van der Waals surface area (Å²) in [5, 5.41) is 7.89. The molecule has 1 aromatic rings. The maximum atomic E-state index is 12.0. The molecule has 0 spiro atoms. The highest BCUT2D eigenvalue weighted by Crippen LogP contribution is 2.08. The van der Waals surface area contributed by atoms with Crippen LogP contribution in [0.2, 0.25) is 0 Å². The van der Waals surface area contributed by atoms with Gasteiger partial charge in [0.1, 0.15) is 0 Å². The molecule has 0 aliphatic carbocycles. The molecule has 1 aliphatic rings. The third-order valence-corrected chi connectivity index (χ3v) is 4.06. The van der Waals surface area contributed by atoms with Gasteiger partial charge >= 0.3 is 0 Å². The average molecular weight is 281 g/mol. The lowest BCUT2D eigenvalue weighted by atomic mass is 10.2. The zero-order valence-electron chi connectivity index (χ0n) is 11.0. The van der Waals surface area contributed by atoms with Gasteiger partial charge in [0.15, 0.2) is 0 Å². The molecule has 2 amide bonds. The number of hydrogen-bond acceptors (Lipinski definition) is 4. The zero-order chi connectivity index (χ0) is 13.7. The predicted molar refractivity (Wildman–Crippen MR) is 75.3 cm³/mol. The number of thiophene rings is 1. The molecular weight excluding hydrogens is 262 g/mol. The fourth-order valence-electron chi connectivity index (χ4n) is 2.13. The van der Waals surface area contributed by atoms with Crippen molar-refractivity contribution in [3.8, 4) is 0 Å². The van der Waals surface area contributed by atoms with Crippen LogP contribution in [0.15, 0.2) is 17.5 Å². The molecule has 1 fully saturated rings. The van der Waals surface area contributed by atoms with Gasteiger partial charge in [-0.05, 0) is 18.4 Å². The largest absolute Gasteiger partial charge is 0.351 e. The van der Waals surface area contributed by atoms with Crippen LogP contribution in [0.25, 0.3) is 0 Å². The Morgan fingerprint density at radius 1 is 1.58 bits per heavy atom. The molecular formula is C13H19N3O2S. The van der Waals surface area contributed by atoms with Crippen LogP contribution >= 0.6 is 11.3 Å². The van der Waals surface area contributed by atoms with Crippen molar-refractivity contribution in [2.24, 2.45) is 0 Å². The number of amides is 2. The Bertz CT molecular complexity index is 433. The molecule has 1 aliphatic heterocycles. The first kappa shape index (κ1) is 14.0. The molecule has 1 saturated heterocycles.